The highest BCUT2D eigenvalue weighted by molar-refractivity contribution is 9.10. The van der Waals surface area contributed by atoms with Crippen LogP contribution in [-0.4, -0.2) is 29.1 Å². The van der Waals surface area contributed by atoms with Crippen LogP contribution in [0.25, 0.3) is 0 Å². The zero-order valence-corrected chi connectivity index (χ0v) is 12.1. The quantitative estimate of drug-likeness (QED) is 0.905. The predicted octanol–water partition coefficient (Wildman–Crippen LogP) is 2.64. The fourth-order valence-corrected chi connectivity index (χ4v) is 2.83. The Labute approximate surface area is 120 Å². The minimum absolute atomic E-state index is 0.0659. The van der Waals surface area contributed by atoms with Gasteiger partial charge in [0.05, 0.1) is 11.5 Å². The second-order valence-corrected chi connectivity index (χ2v) is 5.88. The Kier molecular flexibility index (Phi) is 4.23. The average molecular weight is 323 g/mol. The molecule has 1 N–H and O–H groups in total. The van der Waals surface area contributed by atoms with Gasteiger partial charge in [0.2, 0.25) is 0 Å². The fourth-order valence-electron chi connectivity index (χ4n) is 2.42. The second kappa shape index (κ2) is 5.72. The van der Waals surface area contributed by atoms with E-state index in [0.717, 1.165) is 11.0 Å². The largest absolute Gasteiger partial charge is 0.481 e. The zero-order chi connectivity index (χ0) is 13.9. The number of carboxylic acid groups (broad SMARTS) is 1. The molecule has 19 heavy (non-hydrogen) atoms. The molecule has 1 aliphatic rings. The summed E-state index contributed by atoms with van der Waals surface area (Å²) in [6.45, 7) is 2.09. The maximum absolute atomic E-state index is 10.6. The van der Waals surface area contributed by atoms with Crippen LogP contribution < -0.4 is 0 Å². The van der Waals surface area contributed by atoms with Crippen LogP contribution >= 0.6 is 15.9 Å². The van der Waals surface area contributed by atoms with Crippen LogP contribution in [0.3, 0.4) is 0 Å². The van der Waals surface area contributed by atoms with Gasteiger partial charge in [-0.15, -0.1) is 0 Å². The molecule has 1 fully saturated rings. The summed E-state index contributed by atoms with van der Waals surface area (Å²) in [5, 5.41) is 17.9. The molecule has 0 saturated carbocycles. The lowest BCUT2D eigenvalue weighted by Crippen LogP contribution is -2.55. The maximum Gasteiger partial charge on any atom is 0.303 e. The Morgan fingerprint density at radius 2 is 2.16 bits per heavy atom. The highest BCUT2D eigenvalue weighted by Crippen LogP contribution is 2.36. The van der Waals surface area contributed by atoms with Gasteiger partial charge in [0.1, 0.15) is 0 Å². The lowest BCUT2D eigenvalue weighted by Gasteiger charge is -2.45. The van der Waals surface area contributed by atoms with Crippen molar-refractivity contribution in [3.63, 3.8) is 0 Å². The van der Waals surface area contributed by atoms with Gasteiger partial charge in [-0.05, 0) is 18.1 Å². The molecule has 0 amide bonds. The van der Waals surface area contributed by atoms with E-state index in [0.29, 0.717) is 19.5 Å². The summed E-state index contributed by atoms with van der Waals surface area (Å²) in [6, 6.07) is 10.3. The number of likely N-dealkylation sites (tertiary alicyclic amines) is 1. The van der Waals surface area contributed by atoms with Crippen LogP contribution in [0.5, 0.6) is 0 Å². The van der Waals surface area contributed by atoms with Crippen molar-refractivity contribution >= 4 is 21.9 Å². The molecule has 1 aromatic carbocycles. The first kappa shape index (κ1) is 14.0. The first-order chi connectivity index (χ1) is 9.04. The summed E-state index contributed by atoms with van der Waals surface area (Å²) < 4.78 is 1.06. The van der Waals surface area contributed by atoms with E-state index in [1.165, 1.54) is 5.56 Å². The van der Waals surface area contributed by atoms with Crippen LogP contribution in [0.4, 0.5) is 0 Å². The lowest BCUT2D eigenvalue weighted by molar-refractivity contribution is -0.138. The van der Waals surface area contributed by atoms with E-state index >= 15 is 0 Å². The number of nitrogens with zero attached hydrogens (tertiary/aromatic N) is 2. The average Bonchev–Trinajstić information content (AvgIpc) is 2.34. The first-order valence-corrected chi connectivity index (χ1v) is 6.93. The van der Waals surface area contributed by atoms with Gasteiger partial charge < -0.3 is 5.11 Å². The van der Waals surface area contributed by atoms with Gasteiger partial charge in [0, 0.05) is 30.5 Å². The second-order valence-electron chi connectivity index (χ2n) is 5.02. The van der Waals surface area contributed by atoms with E-state index in [9.17, 15) is 10.1 Å². The Balaban J connectivity index is 1.90. The van der Waals surface area contributed by atoms with Gasteiger partial charge in [0.25, 0.3) is 0 Å². The molecule has 0 unspecified atom stereocenters. The van der Waals surface area contributed by atoms with Crippen molar-refractivity contribution in [2.75, 3.05) is 13.1 Å². The SMILES string of the molecule is N#CC1(CCC(=O)O)CN(Cc2ccccc2Br)C1. The molecule has 5 heteroatoms. The minimum Gasteiger partial charge on any atom is -0.481 e. The van der Waals surface area contributed by atoms with E-state index in [4.69, 9.17) is 5.11 Å². The molecule has 0 radical (unpaired) electrons. The number of rotatable bonds is 5. The standard InChI is InChI=1S/C14H15BrN2O2/c15-12-4-2-1-3-11(12)7-17-9-14(8-16,10-17)6-5-13(18)19/h1-4H,5-7,9-10H2,(H,18,19). The molecule has 4 nitrogen and oxygen atoms in total. The summed E-state index contributed by atoms with van der Waals surface area (Å²) in [7, 11) is 0. The van der Waals surface area contributed by atoms with Gasteiger partial charge in [-0.25, -0.2) is 0 Å². The van der Waals surface area contributed by atoms with E-state index < -0.39 is 11.4 Å². The number of carboxylic acids is 1. The molecule has 1 aliphatic heterocycles. The van der Waals surface area contributed by atoms with Crippen molar-refractivity contribution in [3.05, 3.63) is 34.3 Å². The number of carbonyl (C=O) groups is 1. The van der Waals surface area contributed by atoms with E-state index in [1.54, 1.807) is 0 Å². The van der Waals surface area contributed by atoms with Gasteiger partial charge in [-0.3, -0.25) is 9.69 Å². The third-order valence-electron chi connectivity index (χ3n) is 3.46. The molecule has 1 aromatic rings. The van der Waals surface area contributed by atoms with Crippen molar-refractivity contribution in [3.8, 4) is 6.07 Å². The molecule has 0 aliphatic carbocycles. The van der Waals surface area contributed by atoms with Crippen molar-refractivity contribution in [2.45, 2.75) is 19.4 Å². The first-order valence-electron chi connectivity index (χ1n) is 6.13. The third-order valence-corrected chi connectivity index (χ3v) is 4.23. The lowest BCUT2D eigenvalue weighted by atomic mass is 9.77. The topological polar surface area (TPSA) is 64.3 Å². The van der Waals surface area contributed by atoms with Gasteiger partial charge in [0.15, 0.2) is 0 Å². The van der Waals surface area contributed by atoms with Crippen molar-refractivity contribution in [1.29, 1.82) is 5.26 Å². The predicted molar refractivity (Wildman–Crippen MR) is 74.3 cm³/mol. The number of hydrogen-bond donors (Lipinski definition) is 1. The van der Waals surface area contributed by atoms with Crippen LogP contribution in [0.1, 0.15) is 18.4 Å². The molecule has 0 atom stereocenters. The van der Waals surface area contributed by atoms with Crippen LogP contribution in [-0.2, 0) is 11.3 Å². The Bertz CT molecular complexity index is 518. The molecule has 2 rings (SSSR count). The molecule has 1 heterocycles. The highest BCUT2D eigenvalue weighted by Gasteiger charge is 2.43. The summed E-state index contributed by atoms with van der Waals surface area (Å²) in [5.74, 6) is -0.834. The van der Waals surface area contributed by atoms with Gasteiger partial charge in [-0.2, -0.15) is 5.26 Å². The Hall–Kier alpha value is -1.38. The van der Waals surface area contributed by atoms with Gasteiger partial charge >= 0.3 is 5.97 Å². The van der Waals surface area contributed by atoms with E-state index in [2.05, 4.69) is 26.9 Å². The van der Waals surface area contributed by atoms with Crippen LogP contribution in [0.2, 0.25) is 0 Å². The molecular weight excluding hydrogens is 308 g/mol. The molecule has 0 bridgehead atoms. The smallest absolute Gasteiger partial charge is 0.303 e. The summed E-state index contributed by atoms with van der Waals surface area (Å²) >= 11 is 3.50. The molecule has 0 aromatic heterocycles. The highest BCUT2D eigenvalue weighted by atomic mass is 79.9. The number of halogens is 1. The van der Waals surface area contributed by atoms with Crippen LogP contribution in [0.15, 0.2) is 28.7 Å². The molecule has 100 valence electrons. The minimum atomic E-state index is -0.834. The number of nitriles is 1. The third kappa shape index (κ3) is 3.34. The Morgan fingerprint density at radius 1 is 1.47 bits per heavy atom. The van der Waals surface area contributed by atoms with Crippen LogP contribution in [0, 0.1) is 16.7 Å². The summed E-state index contributed by atoms with van der Waals surface area (Å²) in [6.07, 6.45) is 0.502. The summed E-state index contributed by atoms with van der Waals surface area (Å²) in [4.78, 5) is 12.8. The summed E-state index contributed by atoms with van der Waals surface area (Å²) in [5.41, 5.74) is 0.715. The maximum atomic E-state index is 10.6. The van der Waals surface area contributed by atoms with E-state index in [1.807, 2.05) is 24.3 Å². The fraction of sp³-hybridized carbons (Fsp3) is 0.429. The van der Waals surface area contributed by atoms with E-state index in [-0.39, 0.29) is 6.42 Å². The molecule has 0 spiro atoms. The monoisotopic (exact) mass is 322 g/mol. The number of hydrogen-bond acceptors (Lipinski definition) is 3. The molecular formula is C14H15BrN2O2. The van der Waals surface area contributed by atoms with Crippen molar-refractivity contribution < 1.29 is 9.90 Å². The van der Waals surface area contributed by atoms with Crippen molar-refractivity contribution in [2.24, 2.45) is 5.41 Å². The van der Waals surface area contributed by atoms with Gasteiger partial charge in [-0.1, -0.05) is 34.1 Å². The van der Waals surface area contributed by atoms with Crippen molar-refractivity contribution in [1.82, 2.24) is 4.90 Å². The normalized spacial score (nSPS) is 17.5. The Morgan fingerprint density at radius 3 is 2.74 bits per heavy atom. The molecule has 1 saturated heterocycles. The zero-order valence-electron chi connectivity index (χ0n) is 10.5. The number of benzene rings is 1. The number of aliphatic carboxylic acids is 1.